The zero-order valence-electron chi connectivity index (χ0n) is 26.0. The predicted octanol–water partition coefficient (Wildman–Crippen LogP) is 7.16. The molecule has 0 saturated heterocycles. The lowest BCUT2D eigenvalue weighted by molar-refractivity contribution is -0.123. The number of hydrogen-bond acceptors (Lipinski definition) is 9. The number of benzene rings is 4. The third-order valence-electron chi connectivity index (χ3n) is 6.91. The molecule has 1 amide bonds. The van der Waals surface area contributed by atoms with Crippen LogP contribution >= 0.6 is 11.3 Å². The molecule has 1 unspecified atom stereocenters. The Morgan fingerprint density at radius 2 is 1.50 bits per heavy atom. The highest BCUT2D eigenvalue weighted by atomic mass is 32.2. The van der Waals surface area contributed by atoms with Crippen LogP contribution in [0.15, 0.2) is 120 Å². The second-order valence-electron chi connectivity index (χ2n) is 10.4. The summed E-state index contributed by atoms with van der Waals surface area (Å²) in [5.74, 6) is -1.62. The SMILES string of the molecule is CCOC(=O)c1cc(-c2ccccc2)sc1NC(=O)C(C)OC(=O)c1cccc(S(=O)(=O)Nc2ccc(OCc3ccccc3)cc2)c1. The number of amides is 1. The summed E-state index contributed by atoms with van der Waals surface area (Å²) in [6, 6.07) is 32.3. The minimum atomic E-state index is -4.08. The minimum absolute atomic E-state index is 0.0723. The van der Waals surface area contributed by atoms with Crippen LogP contribution in [0.1, 0.15) is 40.1 Å². The van der Waals surface area contributed by atoms with E-state index in [0.29, 0.717) is 18.0 Å². The number of nitrogens with one attached hydrogen (secondary N) is 2. The van der Waals surface area contributed by atoms with Gasteiger partial charge >= 0.3 is 11.9 Å². The Labute approximate surface area is 282 Å². The smallest absolute Gasteiger partial charge is 0.341 e. The van der Waals surface area contributed by atoms with Crippen LogP contribution in [-0.2, 0) is 30.9 Å². The van der Waals surface area contributed by atoms with E-state index in [9.17, 15) is 22.8 Å². The summed E-state index contributed by atoms with van der Waals surface area (Å²) < 4.78 is 45.1. The van der Waals surface area contributed by atoms with E-state index in [0.717, 1.165) is 22.1 Å². The first-order valence-electron chi connectivity index (χ1n) is 14.9. The fraction of sp³-hybridized carbons (Fsp3) is 0.139. The maximum atomic E-state index is 13.1. The van der Waals surface area contributed by atoms with Crippen molar-refractivity contribution in [2.75, 3.05) is 16.6 Å². The third kappa shape index (κ3) is 8.66. The summed E-state index contributed by atoms with van der Waals surface area (Å²) in [6.07, 6.45) is -1.28. The molecule has 246 valence electrons. The Morgan fingerprint density at radius 1 is 0.812 bits per heavy atom. The van der Waals surface area contributed by atoms with Crippen molar-refractivity contribution in [3.8, 4) is 16.2 Å². The maximum absolute atomic E-state index is 13.1. The molecule has 1 atom stereocenters. The van der Waals surface area contributed by atoms with Gasteiger partial charge in [-0.05, 0) is 73.5 Å². The molecular formula is C36H32N2O8S2. The van der Waals surface area contributed by atoms with Crippen LogP contribution in [0.2, 0.25) is 0 Å². The van der Waals surface area contributed by atoms with Gasteiger partial charge in [-0.25, -0.2) is 18.0 Å². The zero-order chi connectivity index (χ0) is 34.1. The van der Waals surface area contributed by atoms with Gasteiger partial charge in [0.2, 0.25) is 0 Å². The van der Waals surface area contributed by atoms with Gasteiger partial charge in [0.1, 0.15) is 17.4 Å². The highest BCUT2D eigenvalue weighted by molar-refractivity contribution is 7.92. The number of hydrogen-bond donors (Lipinski definition) is 2. The van der Waals surface area contributed by atoms with Gasteiger partial charge in [0, 0.05) is 10.6 Å². The first-order chi connectivity index (χ1) is 23.1. The lowest BCUT2D eigenvalue weighted by atomic mass is 10.1. The second-order valence-corrected chi connectivity index (χ2v) is 13.1. The fourth-order valence-electron chi connectivity index (χ4n) is 4.45. The van der Waals surface area contributed by atoms with E-state index in [-0.39, 0.29) is 27.6 Å². The van der Waals surface area contributed by atoms with E-state index in [2.05, 4.69) is 10.0 Å². The first-order valence-corrected chi connectivity index (χ1v) is 17.2. The molecule has 0 fully saturated rings. The number of thiophene rings is 1. The molecule has 0 spiro atoms. The summed E-state index contributed by atoms with van der Waals surface area (Å²) >= 11 is 1.18. The summed E-state index contributed by atoms with van der Waals surface area (Å²) in [6.45, 7) is 3.57. The standard InChI is InChI=1S/C36H32N2O8S2/c1-3-44-36(41)31-22-32(26-13-8-5-9-14-26)47-34(31)37-33(39)24(2)46-35(40)27-15-10-16-30(21-27)48(42,43)38-28-17-19-29(20-18-28)45-23-25-11-6-4-7-12-25/h4-22,24,38H,3,23H2,1-2H3,(H,37,39). The molecule has 5 rings (SSSR count). The number of sulfonamides is 1. The van der Waals surface area contributed by atoms with Crippen molar-refractivity contribution >= 4 is 49.9 Å². The summed E-state index contributed by atoms with van der Waals surface area (Å²) in [5.41, 5.74) is 2.25. The van der Waals surface area contributed by atoms with Gasteiger partial charge in [0.05, 0.1) is 22.6 Å². The number of carbonyl (C=O) groups is 3. The number of ether oxygens (including phenoxy) is 3. The van der Waals surface area contributed by atoms with Gasteiger partial charge in [-0.15, -0.1) is 11.3 Å². The van der Waals surface area contributed by atoms with Crippen molar-refractivity contribution < 1.29 is 37.0 Å². The van der Waals surface area contributed by atoms with E-state index in [1.54, 1.807) is 37.3 Å². The number of anilines is 2. The van der Waals surface area contributed by atoms with E-state index < -0.39 is 34.0 Å². The van der Waals surface area contributed by atoms with Crippen LogP contribution in [0.5, 0.6) is 5.75 Å². The monoisotopic (exact) mass is 684 g/mol. The van der Waals surface area contributed by atoms with Crippen molar-refractivity contribution in [1.29, 1.82) is 0 Å². The lowest BCUT2D eigenvalue weighted by Crippen LogP contribution is -2.30. The fourth-order valence-corrected chi connectivity index (χ4v) is 6.61. The van der Waals surface area contributed by atoms with Crippen molar-refractivity contribution in [3.05, 3.63) is 132 Å². The summed E-state index contributed by atoms with van der Waals surface area (Å²) in [7, 11) is -4.08. The summed E-state index contributed by atoms with van der Waals surface area (Å²) in [5, 5.41) is 2.91. The van der Waals surface area contributed by atoms with E-state index in [1.165, 1.54) is 36.5 Å². The normalized spacial score (nSPS) is 11.6. The Balaban J connectivity index is 1.22. The molecule has 2 N–H and O–H groups in total. The van der Waals surface area contributed by atoms with Crippen LogP contribution in [0, 0.1) is 0 Å². The highest BCUT2D eigenvalue weighted by Crippen LogP contribution is 2.36. The average molecular weight is 685 g/mol. The number of esters is 2. The zero-order valence-corrected chi connectivity index (χ0v) is 27.7. The number of rotatable bonds is 13. The van der Waals surface area contributed by atoms with E-state index in [1.807, 2.05) is 60.7 Å². The van der Waals surface area contributed by atoms with E-state index >= 15 is 0 Å². The third-order valence-corrected chi connectivity index (χ3v) is 9.39. The van der Waals surface area contributed by atoms with Gasteiger partial charge in [-0.3, -0.25) is 9.52 Å². The van der Waals surface area contributed by atoms with Crippen LogP contribution in [0.3, 0.4) is 0 Å². The van der Waals surface area contributed by atoms with Gasteiger partial charge in [-0.1, -0.05) is 66.7 Å². The summed E-state index contributed by atoms with van der Waals surface area (Å²) in [4.78, 5) is 39.3. The molecule has 0 radical (unpaired) electrons. The number of carbonyl (C=O) groups excluding carboxylic acids is 3. The Hall–Kier alpha value is -5.46. The molecule has 0 bridgehead atoms. The van der Waals surface area contributed by atoms with Gasteiger partial charge in [0.15, 0.2) is 6.10 Å². The van der Waals surface area contributed by atoms with Crippen molar-refractivity contribution in [1.82, 2.24) is 0 Å². The molecule has 0 aliphatic rings. The molecule has 0 aliphatic carbocycles. The average Bonchev–Trinajstić information content (AvgIpc) is 3.52. The molecule has 1 aromatic heterocycles. The molecule has 5 aromatic rings. The first kappa shape index (κ1) is 33.9. The Kier molecular flexibility index (Phi) is 10.9. The van der Waals surface area contributed by atoms with Gasteiger partial charge < -0.3 is 19.5 Å². The van der Waals surface area contributed by atoms with Gasteiger partial charge in [0.25, 0.3) is 15.9 Å². The molecule has 0 aliphatic heterocycles. The van der Waals surface area contributed by atoms with E-state index in [4.69, 9.17) is 14.2 Å². The second kappa shape index (κ2) is 15.4. The molecule has 4 aromatic carbocycles. The predicted molar refractivity (Wildman–Crippen MR) is 184 cm³/mol. The van der Waals surface area contributed by atoms with Crippen LogP contribution in [0.4, 0.5) is 10.7 Å². The molecule has 1 heterocycles. The Bertz CT molecular complexity index is 2000. The maximum Gasteiger partial charge on any atom is 0.341 e. The van der Waals surface area contributed by atoms with Crippen LogP contribution in [-0.4, -0.2) is 39.0 Å². The van der Waals surface area contributed by atoms with Crippen molar-refractivity contribution in [2.24, 2.45) is 0 Å². The topological polar surface area (TPSA) is 137 Å². The molecule has 12 heteroatoms. The molecule has 48 heavy (non-hydrogen) atoms. The largest absolute Gasteiger partial charge is 0.489 e. The van der Waals surface area contributed by atoms with Crippen molar-refractivity contribution in [3.63, 3.8) is 0 Å². The lowest BCUT2D eigenvalue weighted by Gasteiger charge is -2.14. The quantitative estimate of drug-likeness (QED) is 0.125. The van der Waals surface area contributed by atoms with Crippen LogP contribution < -0.4 is 14.8 Å². The molecule has 0 saturated carbocycles. The van der Waals surface area contributed by atoms with Crippen LogP contribution in [0.25, 0.3) is 10.4 Å². The Morgan fingerprint density at radius 3 is 2.19 bits per heavy atom. The van der Waals surface area contributed by atoms with Gasteiger partial charge in [-0.2, -0.15) is 0 Å². The minimum Gasteiger partial charge on any atom is -0.489 e. The molecule has 10 nitrogen and oxygen atoms in total. The highest BCUT2D eigenvalue weighted by Gasteiger charge is 2.25. The van der Waals surface area contributed by atoms with Crippen molar-refractivity contribution in [2.45, 2.75) is 31.5 Å². The molecular weight excluding hydrogens is 653 g/mol.